The van der Waals surface area contributed by atoms with Gasteiger partial charge in [0, 0.05) is 6.04 Å². The summed E-state index contributed by atoms with van der Waals surface area (Å²) in [7, 11) is -3.99. The second kappa shape index (κ2) is 7.58. The SMILES string of the molecule is N#Cc1ccccc1S(=O)(=O)Nc1ccccc1C(=O)NC1CCCC1. The first-order chi connectivity index (χ1) is 12.5. The Hall–Kier alpha value is -2.85. The molecule has 3 rings (SSSR count). The Bertz CT molecular complexity index is 958. The van der Waals surface area contributed by atoms with Crippen molar-refractivity contribution < 1.29 is 13.2 Å². The summed E-state index contributed by atoms with van der Waals surface area (Å²) in [5, 5.41) is 12.1. The zero-order chi connectivity index (χ0) is 18.6. The lowest BCUT2D eigenvalue weighted by atomic mass is 10.1. The largest absolute Gasteiger partial charge is 0.349 e. The van der Waals surface area contributed by atoms with E-state index in [9.17, 15) is 13.2 Å². The Kier molecular flexibility index (Phi) is 5.24. The number of sulfonamides is 1. The molecular formula is C19H19N3O3S. The predicted octanol–water partition coefficient (Wildman–Crippen LogP) is 3.03. The molecule has 0 spiro atoms. The lowest BCUT2D eigenvalue weighted by molar-refractivity contribution is 0.0939. The molecule has 0 bridgehead atoms. The van der Waals surface area contributed by atoms with Crippen molar-refractivity contribution in [1.82, 2.24) is 5.32 Å². The summed E-state index contributed by atoms with van der Waals surface area (Å²) in [5.74, 6) is -0.302. The van der Waals surface area contributed by atoms with E-state index in [4.69, 9.17) is 5.26 Å². The van der Waals surface area contributed by atoms with E-state index >= 15 is 0 Å². The van der Waals surface area contributed by atoms with Crippen molar-refractivity contribution in [3.8, 4) is 6.07 Å². The van der Waals surface area contributed by atoms with Gasteiger partial charge in [0.2, 0.25) is 0 Å². The smallest absolute Gasteiger partial charge is 0.263 e. The fourth-order valence-corrected chi connectivity index (χ4v) is 4.33. The maximum atomic E-state index is 12.7. The molecule has 0 aliphatic heterocycles. The van der Waals surface area contributed by atoms with Crippen molar-refractivity contribution in [2.45, 2.75) is 36.6 Å². The van der Waals surface area contributed by atoms with Crippen LogP contribution in [-0.4, -0.2) is 20.4 Å². The molecule has 2 aromatic rings. The minimum absolute atomic E-state index is 0.0490. The molecule has 7 heteroatoms. The molecule has 0 saturated heterocycles. The van der Waals surface area contributed by atoms with Crippen LogP contribution in [0.3, 0.4) is 0 Å². The van der Waals surface area contributed by atoms with Gasteiger partial charge in [-0.2, -0.15) is 5.26 Å². The molecule has 0 heterocycles. The van der Waals surface area contributed by atoms with Crippen LogP contribution in [0.4, 0.5) is 5.69 Å². The molecule has 2 aromatic carbocycles. The number of nitrogens with zero attached hydrogens (tertiary/aromatic N) is 1. The molecule has 134 valence electrons. The normalized spacial score (nSPS) is 14.6. The number of carbonyl (C=O) groups excluding carboxylic acids is 1. The maximum Gasteiger partial charge on any atom is 0.263 e. The lowest BCUT2D eigenvalue weighted by Gasteiger charge is -2.16. The van der Waals surface area contributed by atoms with Crippen LogP contribution in [0.5, 0.6) is 0 Å². The highest BCUT2D eigenvalue weighted by Gasteiger charge is 2.23. The van der Waals surface area contributed by atoms with Gasteiger partial charge in [-0.15, -0.1) is 0 Å². The molecule has 0 unspecified atom stereocenters. The van der Waals surface area contributed by atoms with E-state index < -0.39 is 10.0 Å². The highest BCUT2D eigenvalue weighted by atomic mass is 32.2. The summed E-state index contributed by atoms with van der Waals surface area (Å²) >= 11 is 0. The van der Waals surface area contributed by atoms with Crippen molar-refractivity contribution in [3.05, 3.63) is 59.7 Å². The van der Waals surface area contributed by atoms with Crippen molar-refractivity contribution in [2.75, 3.05) is 4.72 Å². The molecule has 1 aliphatic rings. The summed E-state index contributed by atoms with van der Waals surface area (Å²) in [5.41, 5.74) is 0.501. The van der Waals surface area contributed by atoms with Crippen LogP contribution in [0, 0.1) is 11.3 Å². The van der Waals surface area contributed by atoms with E-state index in [1.165, 1.54) is 18.2 Å². The number of amides is 1. The molecule has 2 N–H and O–H groups in total. The molecule has 0 atom stereocenters. The van der Waals surface area contributed by atoms with E-state index in [1.54, 1.807) is 30.3 Å². The summed E-state index contributed by atoms with van der Waals surface area (Å²) in [4.78, 5) is 12.5. The standard InChI is InChI=1S/C19H19N3O3S/c20-13-14-7-1-6-12-18(14)26(24,25)22-17-11-5-4-10-16(17)19(23)21-15-8-2-3-9-15/h1,4-7,10-12,15,22H,2-3,8-9H2,(H,21,23). The average molecular weight is 369 g/mol. The monoisotopic (exact) mass is 369 g/mol. The van der Waals surface area contributed by atoms with E-state index in [0.29, 0.717) is 0 Å². The lowest BCUT2D eigenvalue weighted by Crippen LogP contribution is -2.33. The van der Waals surface area contributed by atoms with Gasteiger partial charge in [-0.05, 0) is 37.1 Å². The van der Waals surface area contributed by atoms with Gasteiger partial charge < -0.3 is 5.32 Å². The highest BCUT2D eigenvalue weighted by Crippen LogP contribution is 2.23. The zero-order valence-electron chi connectivity index (χ0n) is 14.1. The second-order valence-electron chi connectivity index (χ2n) is 6.21. The quantitative estimate of drug-likeness (QED) is 0.846. The summed E-state index contributed by atoms with van der Waals surface area (Å²) in [6.45, 7) is 0. The number of nitrogens with one attached hydrogen (secondary N) is 2. The van der Waals surface area contributed by atoms with Gasteiger partial charge in [-0.25, -0.2) is 8.42 Å². The molecule has 0 aromatic heterocycles. The minimum atomic E-state index is -3.99. The van der Waals surface area contributed by atoms with Gasteiger partial charge in [0.15, 0.2) is 0 Å². The fraction of sp³-hybridized carbons (Fsp3) is 0.263. The summed E-state index contributed by atoms with van der Waals surface area (Å²) in [6, 6.07) is 14.4. The molecular weight excluding hydrogens is 350 g/mol. The second-order valence-corrected chi connectivity index (χ2v) is 7.86. The van der Waals surface area contributed by atoms with E-state index in [-0.39, 0.29) is 33.7 Å². The van der Waals surface area contributed by atoms with Crippen LogP contribution in [0.1, 0.15) is 41.6 Å². The summed E-state index contributed by atoms with van der Waals surface area (Å²) < 4.78 is 27.9. The molecule has 0 radical (unpaired) electrons. The third-order valence-corrected chi connectivity index (χ3v) is 5.83. The van der Waals surface area contributed by atoms with Crippen LogP contribution < -0.4 is 10.0 Å². The van der Waals surface area contributed by atoms with Crippen LogP contribution in [0.15, 0.2) is 53.4 Å². The Balaban J connectivity index is 1.88. The van der Waals surface area contributed by atoms with Gasteiger partial charge in [0.1, 0.15) is 11.0 Å². The first kappa shape index (κ1) is 18.0. The van der Waals surface area contributed by atoms with Crippen LogP contribution >= 0.6 is 0 Å². The Morgan fingerprint density at radius 3 is 2.42 bits per heavy atom. The van der Waals surface area contributed by atoms with Gasteiger partial charge in [0.05, 0.1) is 16.8 Å². The van der Waals surface area contributed by atoms with Crippen molar-refractivity contribution >= 4 is 21.6 Å². The number of hydrogen-bond acceptors (Lipinski definition) is 4. The van der Waals surface area contributed by atoms with Gasteiger partial charge in [-0.1, -0.05) is 37.1 Å². The molecule has 1 amide bonds. The Morgan fingerprint density at radius 2 is 1.69 bits per heavy atom. The van der Waals surface area contributed by atoms with Crippen LogP contribution in [-0.2, 0) is 10.0 Å². The van der Waals surface area contributed by atoms with Crippen molar-refractivity contribution in [2.24, 2.45) is 0 Å². The highest BCUT2D eigenvalue weighted by molar-refractivity contribution is 7.92. The molecule has 1 fully saturated rings. The zero-order valence-corrected chi connectivity index (χ0v) is 14.9. The third-order valence-electron chi connectivity index (χ3n) is 4.40. The number of para-hydroxylation sites is 1. The molecule has 1 aliphatic carbocycles. The number of rotatable bonds is 5. The number of anilines is 1. The summed E-state index contributed by atoms with van der Waals surface area (Å²) in [6.07, 6.45) is 4.05. The number of benzene rings is 2. The first-order valence-corrected chi connectivity index (χ1v) is 9.91. The van der Waals surface area contributed by atoms with E-state index in [2.05, 4.69) is 10.0 Å². The Morgan fingerprint density at radius 1 is 1.04 bits per heavy atom. The maximum absolute atomic E-state index is 12.7. The average Bonchev–Trinajstić information content (AvgIpc) is 3.14. The van der Waals surface area contributed by atoms with Gasteiger partial charge in [0.25, 0.3) is 15.9 Å². The molecule has 26 heavy (non-hydrogen) atoms. The number of hydrogen-bond donors (Lipinski definition) is 2. The number of carbonyl (C=O) groups is 1. The minimum Gasteiger partial charge on any atom is -0.349 e. The van der Waals surface area contributed by atoms with Crippen LogP contribution in [0.2, 0.25) is 0 Å². The first-order valence-electron chi connectivity index (χ1n) is 8.43. The fourth-order valence-electron chi connectivity index (χ4n) is 3.10. The Labute approximate surface area is 152 Å². The van der Waals surface area contributed by atoms with Crippen molar-refractivity contribution in [1.29, 1.82) is 5.26 Å². The van der Waals surface area contributed by atoms with Gasteiger partial charge >= 0.3 is 0 Å². The van der Waals surface area contributed by atoms with Gasteiger partial charge in [-0.3, -0.25) is 9.52 Å². The van der Waals surface area contributed by atoms with E-state index in [1.807, 2.05) is 6.07 Å². The number of nitriles is 1. The molecule has 6 nitrogen and oxygen atoms in total. The topological polar surface area (TPSA) is 99.1 Å². The van der Waals surface area contributed by atoms with Crippen molar-refractivity contribution in [3.63, 3.8) is 0 Å². The third kappa shape index (κ3) is 3.86. The predicted molar refractivity (Wildman–Crippen MR) is 98.1 cm³/mol. The molecule has 1 saturated carbocycles. The van der Waals surface area contributed by atoms with E-state index in [0.717, 1.165) is 25.7 Å². The van der Waals surface area contributed by atoms with Crippen LogP contribution in [0.25, 0.3) is 0 Å².